The Morgan fingerprint density at radius 1 is 1.26 bits per heavy atom. The second kappa shape index (κ2) is 5.64. The van der Waals surface area contributed by atoms with Gasteiger partial charge in [-0.1, -0.05) is 23.2 Å². The Hall–Kier alpha value is -2.44. The van der Waals surface area contributed by atoms with E-state index in [0.29, 0.717) is 10.9 Å². The van der Waals surface area contributed by atoms with Crippen LogP contribution in [0.4, 0.5) is 5.69 Å². The summed E-state index contributed by atoms with van der Waals surface area (Å²) in [6.45, 7) is 0. The first kappa shape index (κ1) is 15.5. The zero-order valence-corrected chi connectivity index (χ0v) is 13.3. The van der Waals surface area contributed by atoms with E-state index in [4.69, 9.17) is 23.2 Å². The summed E-state index contributed by atoms with van der Waals surface area (Å²) in [6, 6.07) is 5.85. The molecule has 0 saturated carbocycles. The van der Waals surface area contributed by atoms with Gasteiger partial charge in [-0.25, -0.2) is 0 Å². The van der Waals surface area contributed by atoms with Crippen molar-refractivity contribution >= 4 is 39.8 Å². The van der Waals surface area contributed by atoms with Crippen molar-refractivity contribution < 1.29 is 4.92 Å². The topological polar surface area (TPSA) is 78.0 Å². The van der Waals surface area contributed by atoms with Gasteiger partial charge in [-0.3, -0.25) is 19.9 Å². The van der Waals surface area contributed by atoms with Crippen molar-refractivity contribution in [2.75, 3.05) is 0 Å². The van der Waals surface area contributed by atoms with Gasteiger partial charge in [0.2, 0.25) is 0 Å². The third kappa shape index (κ3) is 2.46. The van der Waals surface area contributed by atoms with Crippen molar-refractivity contribution in [3.8, 4) is 11.1 Å². The number of nitro benzene ring substituents is 1. The number of hydrogen-bond acceptors (Lipinski definition) is 4. The first-order valence-corrected chi connectivity index (χ1v) is 7.24. The molecule has 0 aliphatic carbocycles. The Labute approximate surface area is 140 Å². The molecule has 2 aromatic heterocycles. The molecule has 0 atom stereocenters. The Morgan fingerprint density at radius 3 is 2.70 bits per heavy atom. The summed E-state index contributed by atoms with van der Waals surface area (Å²) in [5.74, 6) is 0. The van der Waals surface area contributed by atoms with Crippen molar-refractivity contribution in [1.82, 2.24) is 9.55 Å². The molecular weight excluding hydrogens is 341 g/mol. The number of rotatable bonds is 2. The van der Waals surface area contributed by atoms with Crippen LogP contribution in [-0.2, 0) is 7.05 Å². The van der Waals surface area contributed by atoms with Crippen LogP contribution in [0.15, 0.2) is 41.5 Å². The average Bonchev–Trinajstić information content (AvgIpc) is 2.51. The van der Waals surface area contributed by atoms with Gasteiger partial charge in [0.15, 0.2) is 0 Å². The van der Waals surface area contributed by atoms with Crippen LogP contribution in [0.3, 0.4) is 0 Å². The van der Waals surface area contributed by atoms with Crippen LogP contribution in [0.5, 0.6) is 0 Å². The second-order valence-corrected chi connectivity index (χ2v) is 5.65. The molecule has 116 valence electrons. The molecule has 8 heteroatoms. The van der Waals surface area contributed by atoms with Gasteiger partial charge in [0.05, 0.1) is 21.0 Å². The largest absolute Gasteiger partial charge is 0.311 e. The van der Waals surface area contributed by atoms with Gasteiger partial charge in [0.25, 0.3) is 11.2 Å². The highest BCUT2D eigenvalue weighted by atomic mass is 35.5. The minimum Gasteiger partial charge on any atom is -0.311 e. The molecule has 0 amide bonds. The third-order valence-corrected chi connectivity index (χ3v) is 4.26. The molecule has 0 saturated heterocycles. The van der Waals surface area contributed by atoms with Gasteiger partial charge in [0.1, 0.15) is 5.02 Å². The van der Waals surface area contributed by atoms with Crippen molar-refractivity contribution in [3.63, 3.8) is 0 Å². The lowest BCUT2D eigenvalue weighted by atomic mass is 10.0. The van der Waals surface area contributed by atoms with E-state index >= 15 is 0 Å². The highest BCUT2D eigenvalue weighted by molar-refractivity contribution is 6.40. The summed E-state index contributed by atoms with van der Waals surface area (Å²) < 4.78 is 1.43. The Kier molecular flexibility index (Phi) is 3.79. The highest BCUT2D eigenvalue weighted by Crippen LogP contribution is 2.39. The van der Waals surface area contributed by atoms with Crippen molar-refractivity contribution in [2.45, 2.75) is 0 Å². The number of aryl methyl sites for hydroxylation is 1. The number of fused-ring (bicyclic) bond motifs is 1. The highest BCUT2D eigenvalue weighted by Gasteiger charge is 2.22. The first-order chi connectivity index (χ1) is 10.9. The summed E-state index contributed by atoms with van der Waals surface area (Å²) in [7, 11) is 1.60. The maximum Gasteiger partial charge on any atom is 0.288 e. The third-order valence-electron chi connectivity index (χ3n) is 3.56. The van der Waals surface area contributed by atoms with Crippen LogP contribution >= 0.6 is 23.2 Å². The molecule has 0 unspecified atom stereocenters. The number of benzene rings is 1. The number of pyridine rings is 2. The van der Waals surface area contributed by atoms with E-state index in [1.165, 1.54) is 16.7 Å². The zero-order valence-electron chi connectivity index (χ0n) is 11.8. The molecule has 23 heavy (non-hydrogen) atoms. The molecule has 2 heterocycles. The molecule has 0 spiro atoms. The Bertz CT molecular complexity index is 1010. The fourth-order valence-electron chi connectivity index (χ4n) is 2.43. The van der Waals surface area contributed by atoms with Gasteiger partial charge in [-0.05, 0) is 18.2 Å². The van der Waals surface area contributed by atoms with E-state index in [1.807, 2.05) is 0 Å². The molecule has 3 rings (SSSR count). The molecule has 0 N–H and O–H groups in total. The van der Waals surface area contributed by atoms with E-state index in [2.05, 4.69) is 4.98 Å². The minimum atomic E-state index is -0.616. The number of nitrogens with zero attached hydrogens (tertiary/aromatic N) is 3. The molecule has 3 aromatic rings. The van der Waals surface area contributed by atoms with Gasteiger partial charge in [0, 0.05) is 36.5 Å². The first-order valence-electron chi connectivity index (χ1n) is 6.48. The summed E-state index contributed by atoms with van der Waals surface area (Å²) in [5, 5.41) is 11.8. The van der Waals surface area contributed by atoms with E-state index < -0.39 is 4.92 Å². The van der Waals surface area contributed by atoms with Crippen molar-refractivity contribution in [3.05, 3.63) is 67.2 Å². The van der Waals surface area contributed by atoms with Gasteiger partial charge < -0.3 is 4.57 Å². The number of nitro groups is 1. The second-order valence-electron chi connectivity index (χ2n) is 4.87. The van der Waals surface area contributed by atoms with Crippen LogP contribution in [-0.4, -0.2) is 14.5 Å². The van der Waals surface area contributed by atoms with Gasteiger partial charge in [-0.15, -0.1) is 0 Å². The van der Waals surface area contributed by atoms with Crippen LogP contribution in [0, 0.1) is 10.1 Å². The van der Waals surface area contributed by atoms with Gasteiger partial charge >= 0.3 is 0 Å². The minimum absolute atomic E-state index is 0.147. The molecule has 0 bridgehead atoms. The maximum atomic E-state index is 12.6. The standard InChI is InChI=1S/C15H9Cl2N3O3/c1-19-11-4-5-18-7-8(11)6-9(15(19)21)13-10(16)2-3-12(14(13)17)20(22)23/h2-7H,1H3. The molecular formula is C15H9Cl2N3O3. The summed E-state index contributed by atoms with van der Waals surface area (Å²) >= 11 is 12.3. The maximum absolute atomic E-state index is 12.6. The SMILES string of the molecule is Cn1c(=O)c(-c2c(Cl)ccc([N+](=O)[O-])c2Cl)cc2cnccc21. The lowest BCUT2D eigenvalue weighted by Gasteiger charge is -2.11. The van der Waals surface area contributed by atoms with E-state index in [0.717, 1.165) is 0 Å². The molecule has 6 nitrogen and oxygen atoms in total. The Balaban J connectivity index is 2.42. The lowest BCUT2D eigenvalue weighted by Crippen LogP contribution is -2.19. The normalized spacial score (nSPS) is 10.9. The summed E-state index contributed by atoms with van der Waals surface area (Å²) in [6.07, 6.45) is 3.17. The molecule has 1 aromatic carbocycles. The van der Waals surface area contributed by atoms with Crippen LogP contribution < -0.4 is 5.56 Å². The van der Waals surface area contributed by atoms with E-state index in [-0.39, 0.29) is 32.4 Å². The fourth-order valence-corrected chi connectivity index (χ4v) is 3.08. The Morgan fingerprint density at radius 2 is 2.00 bits per heavy atom. The predicted octanol–water partition coefficient (Wildman–Crippen LogP) is 3.82. The molecule has 0 aliphatic heterocycles. The number of halogens is 2. The van der Waals surface area contributed by atoms with E-state index in [1.54, 1.807) is 31.6 Å². The van der Waals surface area contributed by atoms with Crippen LogP contribution in [0.1, 0.15) is 0 Å². The summed E-state index contributed by atoms with van der Waals surface area (Å²) in [5.41, 5.74) is 0.361. The van der Waals surface area contributed by atoms with Crippen LogP contribution in [0.25, 0.3) is 22.0 Å². The zero-order chi connectivity index (χ0) is 16.7. The van der Waals surface area contributed by atoms with E-state index in [9.17, 15) is 14.9 Å². The van der Waals surface area contributed by atoms with Gasteiger partial charge in [-0.2, -0.15) is 0 Å². The molecule has 0 aliphatic rings. The molecule has 0 fully saturated rings. The fraction of sp³-hybridized carbons (Fsp3) is 0.0667. The van der Waals surface area contributed by atoms with Crippen molar-refractivity contribution in [2.24, 2.45) is 7.05 Å². The quantitative estimate of drug-likeness (QED) is 0.520. The lowest BCUT2D eigenvalue weighted by molar-refractivity contribution is -0.384. The number of aromatic nitrogens is 2. The monoisotopic (exact) mass is 349 g/mol. The smallest absolute Gasteiger partial charge is 0.288 e. The molecule has 0 radical (unpaired) electrons. The average molecular weight is 350 g/mol. The van der Waals surface area contributed by atoms with Crippen molar-refractivity contribution in [1.29, 1.82) is 0 Å². The predicted molar refractivity (Wildman–Crippen MR) is 89.1 cm³/mol. The number of hydrogen-bond donors (Lipinski definition) is 0. The summed E-state index contributed by atoms with van der Waals surface area (Å²) in [4.78, 5) is 27.1. The van der Waals surface area contributed by atoms with Crippen LogP contribution in [0.2, 0.25) is 10.0 Å².